The summed E-state index contributed by atoms with van der Waals surface area (Å²) in [5, 5.41) is 0. The van der Waals surface area contributed by atoms with Crippen LogP contribution in [0.5, 0.6) is 0 Å². The van der Waals surface area contributed by atoms with E-state index in [1.54, 1.807) is 0 Å². The first-order valence-corrected chi connectivity index (χ1v) is 14.9. The maximum atomic E-state index is 5.01. The lowest BCUT2D eigenvalue weighted by molar-refractivity contribution is 1.07. The molecule has 0 N–H and O–H groups in total. The first-order valence-electron chi connectivity index (χ1n) is 14.9. The Balaban J connectivity index is 1.13. The van der Waals surface area contributed by atoms with Gasteiger partial charge in [-0.05, 0) is 35.4 Å². The average molecular weight is 578 g/mol. The van der Waals surface area contributed by atoms with Gasteiger partial charge in [0, 0.05) is 27.9 Å². The molecule has 2 aromatic heterocycles. The highest BCUT2D eigenvalue weighted by Gasteiger charge is 2.15. The fourth-order valence-electron chi connectivity index (χ4n) is 5.62. The lowest BCUT2D eigenvalue weighted by atomic mass is 10.0. The van der Waals surface area contributed by atoms with Crippen molar-refractivity contribution < 1.29 is 0 Å². The minimum Gasteiger partial charge on any atom is -0.292 e. The van der Waals surface area contributed by atoms with Gasteiger partial charge in [-0.15, -0.1) is 0 Å². The van der Waals surface area contributed by atoms with E-state index in [1.165, 1.54) is 0 Å². The molecule has 0 aliphatic carbocycles. The van der Waals surface area contributed by atoms with Gasteiger partial charge < -0.3 is 0 Å². The largest absolute Gasteiger partial charge is 0.292 e. The molecule has 0 spiro atoms. The summed E-state index contributed by atoms with van der Waals surface area (Å²) in [6, 6.07) is 55.7. The molecule has 6 aromatic carbocycles. The van der Waals surface area contributed by atoms with E-state index >= 15 is 0 Å². The Labute approximate surface area is 261 Å². The van der Waals surface area contributed by atoms with Crippen molar-refractivity contribution in [2.45, 2.75) is 0 Å². The predicted molar refractivity (Wildman–Crippen MR) is 182 cm³/mol. The molecule has 0 radical (unpaired) electrons. The number of benzene rings is 6. The van der Waals surface area contributed by atoms with Crippen LogP contribution in [0.25, 0.3) is 73.4 Å². The number of hydrogen-bond acceptors (Lipinski definition) is 4. The van der Waals surface area contributed by atoms with E-state index in [2.05, 4.69) is 95.6 Å². The molecule has 0 amide bonds. The summed E-state index contributed by atoms with van der Waals surface area (Å²) in [6.45, 7) is 0. The fraction of sp³-hybridized carbons (Fsp3) is 0. The van der Waals surface area contributed by atoms with Crippen molar-refractivity contribution in [3.05, 3.63) is 164 Å². The second kappa shape index (κ2) is 11.5. The lowest BCUT2D eigenvalue weighted by Crippen LogP contribution is -2.00. The molecule has 0 fully saturated rings. The van der Waals surface area contributed by atoms with Gasteiger partial charge in [-0.3, -0.25) is 4.57 Å². The number of fused-ring (bicyclic) bond motifs is 1. The van der Waals surface area contributed by atoms with Crippen molar-refractivity contribution >= 4 is 11.0 Å². The van der Waals surface area contributed by atoms with Gasteiger partial charge in [0.25, 0.3) is 0 Å². The Hall–Kier alpha value is -6.20. The van der Waals surface area contributed by atoms with Crippen molar-refractivity contribution in [1.82, 2.24) is 24.5 Å². The van der Waals surface area contributed by atoms with Gasteiger partial charge in [0.15, 0.2) is 17.5 Å². The van der Waals surface area contributed by atoms with Gasteiger partial charge in [0.05, 0.1) is 11.0 Å². The maximum Gasteiger partial charge on any atom is 0.164 e. The summed E-state index contributed by atoms with van der Waals surface area (Å²) in [5.74, 6) is 2.87. The minimum absolute atomic E-state index is 0.643. The third-order valence-corrected chi connectivity index (χ3v) is 7.89. The van der Waals surface area contributed by atoms with E-state index < -0.39 is 0 Å². The Morgan fingerprint density at radius 3 is 1.24 bits per heavy atom. The van der Waals surface area contributed by atoms with Crippen molar-refractivity contribution in [2.24, 2.45) is 0 Å². The molecule has 0 atom stereocenters. The summed E-state index contributed by atoms with van der Waals surface area (Å²) >= 11 is 0. The van der Waals surface area contributed by atoms with E-state index in [9.17, 15) is 0 Å². The molecule has 8 aromatic rings. The number of aromatic nitrogens is 5. The van der Waals surface area contributed by atoms with E-state index in [0.717, 1.165) is 55.9 Å². The number of para-hydroxylation sites is 3. The minimum atomic E-state index is 0.643. The van der Waals surface area contributed by atoms with E-state index in [0.29, 0.717) is 17.5 Å². The molecule has 5 heteroatoms. The highest BCUT2D eigenvalue weighted by Crippen LogP contribution is 2.31. The summed E-state index contributed by atoms with van der Waals surface area (Å²) in [5.41, 5.74) is 9.28. The van der Waals surface area contributed by atoms with Gasteiger partial charge in [-0.2, -0.15) is 0 Å². The summed E-state index contributed by atoms with van der Waals surface area (Å²) < 4.78 is 2.22. The van der Waals surface area contributed by atoms with Crippen LogP contribution in [0.15, 0.2) is 164 Å². The molecule has 0 bridgehead atoms. The lowest BCUT2D eigenvalue weighted by Gasteiger charge is -2.11. The van der Waals surface area contributed by atoms with Crippen molar-refractivity contribution in [3.63, 3.8) is 0 Å². The first kappa shape index (κ1) is 26.4. The summed E-state index contributed by atoms with van der Waals surface area (Å²) in [7, 11) is 0. The van der Waals surface area contributed by atoms with Gasteiger partial charge in [-0.1, -0.05) is 140 Å². The van der Waals surface area contributed by atoms with Crippen LogP contribution in [0.2, 0.25) is 0 Å². The van der Waals surface area contributed by atoms with Crippen LogP contribution < -0.4 is 0 Å². The third kappa shape index (κ3) is 5.17. The van der Waals surface area contributed by atoms with E-state index in [4.69, 9.17) is 19.9 Å². The fourth-order valence-corrected chi connectivity index (χ4v) is 5.62. The van der Waals surface area contributed by atoms with Crippen LogP contribution in [0.3, 0.4) is 0 Å². The third-order valence-electron chi connectivity index (χ3n) is 7.89. The van der Waals surface area contributed by atoms with Crippen molar-refractivity contribution in [2.75, 3.05) is 0 Å². The van der Waals surface area contributed by atoms with Crippen LogP contribution in [0, 0.1) is 0 Å². The molecular weight excluding hydrogens is 550 g/mol. The number of nitrogens with zero attached hydrogens (tertiary/aromatic N) is 5. The monoisotopic (exact) mass is 577 g/mol. The van der Waals surface area contributed by atoms with Gasteiger partial charge >= 0.3 is 0 Å². The first-order chi connectivity index (χ1) is 22.3. The molecule has 212 valence electrons. The molecule has 0 saturated heterocycles. The number of rotatable bonds is 6. The highest BCUT2D eigenvalue weighted by molar-refractivity contribution is 5.83. The van der Waals surface area contributed by atoms with Crippen molar-refractivity contribution in [3.8, 4) is 62.4 Å². The van der Waals surface area contributed by atoms with Crippen LogP contribution in [0.1, 0.15) is 0 Å². The summed E-state index contributed by atoms with van der Waals surface area (Å²) in [4.78, 5) is 19.5. The molecule has 0 saturated carbocycles. The van der Waals surface area contributed by atoms with Gasteiger partial charge in [0.1, 0.15) is 5.82 Å². The van der Waals surface area contributed by atoms with Gasteiger partial charge in [0.2, 0.25) is 0 Å². The average Bonchev–Trinajstić information content (AvgIpc) is 3.52. The topological polar surface area (TPSA) is 56.5 Å². The molecule has 8 rings (SSSR count). The Morgan fingerprint density at radius 1 is 0.311 bits per heavy atom. The highest BCUT2D eigenvalue weighted by atomic mass is 15.1. The smallest absolute Gasteiger partial charge is 0.164 e. The zero-order chi connectivity index (χ0) is 30.0. The van der Waals surface area contributed by atoms with Crippen LogP contribution >= 0.6 is 0 Å². The zero-order valence-corrected chi connectivity index (χ0v) is 24.3. The molecule has 0 aliphatic heterocycles. The Bertz CT molecular complexity index is 2170. The second-order valence-corrected chi connectivity index (χ2v) is 10.8. The second-order valence-electron chi connectivity index (χ2n) is 10.8. The summed E-state index contributed by atoms with van der Waals surface area (Å²) in [6.07, 6.45) is 0. The standard InChI is InChI=1S/C40H27N5/c1-4-12-30(13-5-1)37-42-38(31-14-6-2-7-15-31)44-39(43-37)32-24-20-28(21-25-32)29-22-26-33(27-23-29)40-41-35-18-10-11-19-36(35)45(40)34-16-8-3-9-17-34/h1-27H. The number of imidazole rings is 1. The molecular formula is C40H27N5. The molecule has 2 heterocycles. The van der Waals surface area contributed by atoms with Crippen LogP contribution in [-0.4, -0.2) is 24.5 Å². The molecule has 5 nitrogen and oxygen atoms in total. The quantitative estimate of drug-likeness (QED) is 0.197. The van der Waals surface area contributed by atoms with Crippen LogP contribution in [-0.2, 0) is 0 Å². The van der Waals surface area contributed by atoms with Crippen LogP contribution in [0.4, 0.5) is 0 Å². The Morgan fingerprint density at radius 2 is 0.711 bits per heavy atom. The SMILES string of the molecule is c1ccc(-c2nc(-c3ccccc3)nc(-c3ccc(-c4ccc(-c5nc6ccccc6n5-c5ccccc5)cc4)cc3)n2)cc1. The molecule has 0 unspecified atom stereocenters. The predicted octanol–water partition coefficient (Wildman–Crippen LogP) is 9.55. The van der Waals surface area contributed by atoms with E-state index in [-0.39, 0.29) is 0 Å². The molecule has 45 heavy (non-hydrogen) atoms. The van der Waals surface area contributed by atoms with Crippen molar-refractivity contribution in [1.29, 1.82) is 0 Å². The zero-order valence-electron chi connectivity index (χ0n) is 24.3. The molecule has 0 aliphatic rings. The Kier molecular flexibility index (Phi) is 6.74. The van der Waals surface area contributed by atoms with E-state index in [1.807, 2.05) is 72.8 Å². The normalized spacial score (nSPS) is 11.1. The van der Waals surface area contributed by atoms with Gasteiger partial charge in [-0.25, -0.2) is 19.9 Å². The maximum absolute atomic E-state index is 5.01. The number of hydrogen-bond donors (Lipinski definition) is 0.